The summed E-state index contributed by atoms with van der Waals surface area (Å²) >= 11 is 2.26. The lowest BCUT2D eigenvalue weighted by Gasteiger charge is -2.08. The third kappa shape index (κ3) is 2.87. The van der Waals surface area contributed by atoms with E-state index in [1.165, 1.54) is 12.7 Å². The number of nitrogens with zero attached hydrogens (tertiary/aromatic N) is 5. The first-order chi connectivity index (χ1) is 11.3. The maximum Gasteiger partial charge on any atom is 0.230 e. The van der Waals surface area contributed by atoms with Crippen molar-refractivity contribution in [3.63, 3.8) is 0 Å². The van der Waals surface area contributed by atoms with E-state index >= 15 is 0 Å². The van der Waals surface area contributed by atoms with Crippen molar-refractivity contribution >= 4 is 33.5 Å². The average molecular weight is 415 g/mol. The first-order valence-electron chi connectivity index (χ1n) is 6.83. The lowest BCUT2D eigenvalue weighted by atomic mass is 10.2. The van der Waals surface area contributed by atoms with Crippen LogP contribution >= 0.6 is 22.6 Å². The highest BCUT2D eigenvalue weighted by molar-refractivity contribution is 14.1. The molecule has 0 radical (unpaired) electrons. The van der Waals surface area contributed by atoms with Crippen LogP contribution in [0.1, 0.15) is 0 Å². The number of hydrogen-bond acceptors (Lipinski definition) is 5. The zero-order chi connectivity index (χ0) is 15.6. The van der Waals surface area contributed by atoms with E-state index < -0.39 is 0 Å². The molecule has 0 unspecified atom stereocenters. The Morgan fingerprint density at radius 2 is 1.83 bits per heavy atom. The van der Waals surface area contributed by atoms with E-state index in [-0.39, 0.29) is 0 Å². The molecule has 4 rings (SSSR count). The zero-order valence-electron chi connectivity index (χ0n) is 11.8. The van der Waals surface area contributed by atoms with E-state index in [1.807, 2.05) is 42.5 Å². The Kier molecular flexibility index (Phi) is 3.62. The molecule has 0 bridgehead atoms. The fourth-order valence-corrected chi connectivity index (χ4v) is 2.70. The zero-order valence-corrected chi connectivity index (χ0v) is 14.0. The lowest BCUT2D eigenvalue weighted by Crippen LogP contribution is -1.95. The van der Waals surface area contributed by atoms with Crippen LogP contribution in [0, 0.1) is 3.57 Å². The number of halogens is 1. The Bertz CT molecular complexity index is 954. The van der Waals surface area contributed by atoms with Crippen LogP contribution in [0.3, 0.4) is 0 Å². The Morgan fingerprint density at radius 1 is 0.957 bits per heavy atom. The topological polar surface area (TPSA) is 65.7 Å². The third-order valence-corrected chi connectivity index (χ3v) is 3.97. The summed E-state index contributed by atoms with van der Waals surface area (Å²) in [4.78, 5) is 12.4. The molecule has 7 heteroatoms. The maximum atomic E-state index is 5.92. The standard InChI is InChI=1S/C16H10IN5O/c17-11-1-6-15-14(7-11)16(20-9-19-15)23-13-4-2-12(3-5-13)22-10-18-8-21-22/h1-10H. The minimum absolute atomic E-state index is 0.544. The highest BCUT2D eigenvalue weighted by Gasteiger charge is 2.07. The molecule has 0 amide bonds. The highest BCUT2D eigenvalue weighted by atomic mass is 127. The van der Waals surface area contributed by atoms with Gasteiger partial charge >= 0.3 is 0 Å². The van der Waals surface area contributed by atoms with Gasteiger partial charge in [-0.2, -0.15) is 5.10 Å². The normalized spacial score (nSPS) is 10.8. The second-order valence-corrected chi connectivity index (χ2v) is 6.02. The number of benzene rings is 2. The van der Waals surface area contributed by atoms with Crippen LogP contribution < -0.4 is 4.74 Å². The SMILES string of the molecule is Ic1ccc2ncnc(Oc3ccc(-n4cncn4)cc3)c2c1. The van der Waals surface area contributed by atoms with Gasteiger partial charge in [0.25, 0.3) is 0 Å². The molecule has 0 atom stereocenters. The summed E-state index contributed by atoms with van der Waals surface area (Å²) in [5.41, 5.74) is 1.77. The summed E-state index contributed by atoms with van der Waals surface area (Å²) in [6, 6.07) is 13.5. The maximum absolute atomic E-state index is 5.92. The summed E-state index contributed by atoms with van der Waals surface area (Å²) in [6.07, 6.45) is 4.66. The van der Waals surface area contributed by atoms with E-state index in [2.05, 4.69) is 42.6 Å². The molecular formula is C16H10IN5O. The summed E-state index contributed by atoms with van der Waals surface area (Å²) < 4.78 is 8.71. The molecule has 2 aromatic heterocycles. The van der Waals surface area contributed by atoms with Crippen LogP contribution in [0.2, 0.25) is 0 Å². The molecule has 0 saturated carbocycles. The Morgan fingerprint density at radius 3 is 2.61 bits per heavy atom. The Labute approximate surface area is 145 Å². The highest BCUT2D eigenvalue weighted by Crippen LogP contribution is 2.28. The van der Waals surface area contributed by atoms with Gasteiger partial charge in [0, 0.05) is 3.57 Å². The van der Waals surface area contributed by atoms with Crippen molar-refractivity contribution in [2.24, 2.45) is 0 Å². The van der Waals surface area contributed by atoms with E-state index in [4.69, 9.17) is 4.74 Å². The predicted molar refractivity (Wildman–Crippen MR) is 93.7 cm³/mol. The van der Waals surface area contributed by atoms with E-state index in [0.717, 1.165) is 20.2 Å². The summed E-state index contributed by atoms with van der Waals surface area (Å²) in [5.74, 6) is 1.25. The largest absolute Gasteiger partial charge is 0.438 e. The van der Waals surface area contributed by atoms with Gasteiger partial charge in [-0.05, 0) is 65.1 Å². The molecular weight excluding hydrogens is 405 g/mol. The molecule has 6 nitrogen and oxygen atoms in total. The van der Waals surface area contributed by atoms with Crippen LogP contribution in [0.25, 0.3) is 16.6 Å². The number of ether oxygens (including phenoxy) is 1. The number of hydrogen-bond donors (Lipinski definition) is 0. The quantitative estimate of drug-likeness (QED) is 0.479. The van der Waals surface area contributed by atoms with Gasteiger partial charge < -0.3 is 4.74 Å². The van der Waals surface area contributed by atoms with Crippen molar-refractivity contribution < 1.29 is 4.74 Å². The molecule has 0 aliphatic carbocycles. The molecule has 4 aromatic rings. The molecule has 0 aliphatic heterocycles. The molecule has 2 aromatic carbocycles. The van der Waals surface area contributed by atoms with Crippen LogP contribution in [0.15, 0.2) is 61.4 Å². The second-order valence-electron chi connectivity index (χ2n) is 4.78. The Balaban J connectivity index is 1.67. The summed E-state index contributed by atoms with van der Waals surface area (Å²) in [6.45, 7) is 0. The first-order valence-corrected chi connectivity index (χ1v) is 7.91. The van der Waals surface area contributed by atoms with Crippen LogP contribution in [-0.2, 0) is 0 Å². The van der Waals surface area contributed by atoms with Gasteiger partial charge in [0.15, 0.2) is 0 Å². The fourth-order valence-electron chi connectivity index (χ4n) is 2.21. The van der Waals surface area contributed by atoms with Gasteiger partial charge in [-0.3, -0.25) is 0 Å². The summed E-state index contributed by atoms with van der Waals surface area (Å²) in [7, 11) is 0. The molecule has 23 heavy (non-hydrogen) atoms. The van der Waals surface area contributed by atoms with E-state index in [0.29, 0.717) is 11.6 Å². The van der Waals surface area contributed by atoms with Gasteiger partial charge in [0.05, 0.1) is 16.6 Å². The van der Waals surface area contributed by atoms with Crippen molar-refractivity contribution in [3.8, 4) is 17.3 Å². The Hall–Kier alpha value is -2.55. The van der Waals surface area contributed by atoms with Crippen molar-refractivity contribution in [1.29, 1.82) is 0 Å². The molecule has 0 spiro atoms. The lowest BCUT2D eigenvalue weighted by molar-refractivity contribution is 0.468. The van der Waals surface area contributed by atoms with Gasteiger partial charge in [-0.1, -0.05) is 0 Å². The van der Waals surface area contributed by atoms with Crippen molar-refractivity contribution in [2.75, 3.05) is 0 Å². The molecule has 112 valence electrons. The van der Waals surface area contributed by atoms with Gasteiger partial charge in [-0.25, -0.2) is 19.6 Å². The van der Waals surface area contributed by atoms with Crippen molar-refractivity contribution in [2.45, 2.75) is 0 Å². The number of fused-ring (bicyclic) bond motifs is 1. The molecule has 0 saturated heterocycles. The molecule has 0 N–H and O–H groups in total. The first kappa shape index (κ1) is 14.1. The molecule has 0 aliphatic rings. The number of rotatable bonds is 3. The van der Waals surface area contributed by atoms with Gasteiger partial charge in [0.2, 0.25) is 5.88 Å². The van der Waals surface area contributed by atoms with E-state index in [9.17, 15) is 0 Å². The molecule has 0 fully saturated rings. The minimum Gasteiger partial charge on any atom is -0.438 e. The van der Waals surface area contributed by atoms with Gasteiger partial charge in [0.1, 0.15) is 24.7 Å². The van der Waals surface area contributed by atoms with Crippen molar-refractivity contribution in [3.05, 3.63) is 65.0 Å². The van der Waals surface area contributed by atoms with E-state index in [1.54, 1.807) is 11.0 Å². The van der Waals surface area contributed by atoms with Crippen LogP contribution in [-0.4, -0.2) is 24.7 Å². The van der Waals surface area contributed by atoms with Gasteiger partial charge in [-0.15, -0.1) is 0 Å². The summed E-state index contributed by atoms with van der Waals surface area (Å²) in [5, 5.41) is 4.98. The predicted octanol–water partition coefficient (Wildman–Crippen LogP) is 3.61. The average Bonchev–Trinajstić information content (AvgIpc) is 3.11. The molecule has 2 heterocycles. The third-order valence-electron chi connectivity index (χ3n) is 3.30. The smallest absolute Gasteiger partial charge is 0.230 e. The van der Waals surface area contributed by atoms with Crippen LogP contribution in [0.4, 0.5) is 0 Å². The monoisotopic (exact) mass is 415 g/mol. The number of aromatic nitrogens is 5. The second kappa shape index (κ2) is 5.92. The minimum atomic E-state index is 0.544. The van der Waals surface area contributed by atoms with Crippen LogP contribution in [0.5, 0.6) is 11.6 Å². The van der Waals surface area contributed by atoms with Crippen molar-refractivity contribution in [1.82, 2.24) is 24.7 Å². The fraction of sp³-hybridized carbons (Fsp3) is 0.